The van der Waals surface area contributed by atoms with Crippen LogP contribution in [-0.4, -0.2) is 0 Å². The molecule has 1 aromatic rings. The van der Waals surface area contributed by atoms with Crippen molar-refractivity contribution in [2.45, 2.75) is 13.8 Å². The average Bonchev–Trinajstić information content (AvgIpc) is 2.07. The Labute approximate surface area is 74.2 Å². The minimum absolute atomic E-state index is 1.23. The number of allylic oxidation sites excluding steroid dienone is 2. The molecular weight excluding hydrogens is 144 g/mol. The topological polar surface area (TPSA) is 0 Å². The first-order valence-electron chi connectivity index (χ1n) is 4.10. The first kappa shape index (κ1) is 8.79. The average molecular weight is 158 g/mol. The highest BCUT2D eigenvalue weighted by molar-refractivity contribution is 5.52. The van der Waals surface area contributed by atoms with Crippen LogP contribution in [0.5, 0.6) is 0 Å². The molecule has 0 spiro atoms. The molecular formula is C12H14. The molecule has 0 nitrogen and oxygen atoms in total. The summed E-state index contributed by atoms with van der Waals surface area (Å²) in [5, 5.41) is 0. The van der Waals surface area contributed by atoms with Gasteiger partial charge in [-0.3, -0.25) is 0 Å². The van der Waals surface area contributed by atoms with E-state index in [1.54, 1.807) is 6.08 Å². The van der Waals surface area contributed by atoms with Crippen LogP contribution in [0.2, 0.25) is 0 Å². The molecule has 1 aromatic carbocycles. The molecule has 0 bridgehead atoms. The summed E-state index contributed by atoms with van der Waals surface area (Å²) < 4.78 is 0. The Morgan fingerprint density at radius 1 is 1.17 bits per heavy atom. The molecule has 0 aromatic heterocycles. The van der Waals surface area contributed by atoms with Crippen LogP contribution in [-0.2, 0) is 0 Å². The fourth-order valence-corrected chi connectivity index (χ4v) is 1.05. The second-order valence-electron chi connectivity index (χ2n) is 2.94. The summed E-state index contributed by atoms with van der Waals surface area (Å²) in [6.07, 6.45) is 5.79. The molecule has 0 aliphatic carbocycles. The minimum atomic E-state index is 1.23. The summed E-state index contributed by atoms with van der Waals surface area (Å²) in [7, 11) is 0. The fraction of sp³-hybridized carbons (Fsp3) is 0.167. The molecule has 0 amide bonds. The lowest BCUT2D eigenvalue weighted by atomic mass is 10.1. The van der Waals surface area contributed by atoms with Gasteiger partial charge in [-0.1, -0.05) is 43.0 Å². The number of benzene rings is 1. The van der Waals surface area contributed by atoms with Crippen LogP contribution < -0.4 is 0 Å². The van der Waals surface area contributed by atoms with Crippen LogP contribution in [0.4, 0.5) is 0 Å². The lowest BCUT2D eigenvalue weighted by Gasteiger charge is -1.99. The van der Waals surface area contributed by atoms with Crippen molar-refractivity contribution in [1.29, 1.82) is 0 Å². The van der Waals surface area contributed by atoms with Crippen molar-refractivity contribution in [3.8, 4) is 0 Å². The van der Waals surface area contributed by atoms with Crippen LogP contribution in [0.25, 0.3) is 6.08 Å². The van der Waals surface area contributed by atoms with E-state index in [2.05, 4.69) is 44.7 Å². The molecule has 0 N–H and O–H groups in total. The molecule has 0 heterocycles. The molecule has 0 unspecified atom stereocenters. The third kappa shape index (κ3) is 2.09. The van der Waals surface area contributed by atoms with E-state index in [0.717, 1.165) is 0 Å². The maximum atomic E-state index is 3.63. The highest BCUT2D eigenvalue weighted by Crippen LogP contribution is 2.10. The van der Waals surface area contributed by atoms with Gasteiger partial charge < -0.3 is 0 Å². The zero-order valence-electron chi connectivity index (χ0n) is 7.67. The molecule has 0 radical (unpaired) electrons. The summed E-state index contributed by atoms with van der Waals surface area (Å²) in [5.41, 5.74) is 3.91. The second-order valence-corrected chi connectivity index (χ2v) is 2.94. The Hall–Kier alpha value is -1.30. The van der Waals surface area contributed by atoms with E-state index in [1.807, 2.05) is 6.08 Å². The molecule has 12 heavy (non-hydrogen) atoms. The van der Waals surface area contributed by atoms with E-state index in [-0.39, 0.29) is 0 Å². The Bertz CT molecular complexity index is 306. The zero-order valence-corrected chi connectivity index (χ0v) is 7.67. The predicted octanol–water partition coefficient (Wildman–Crippen LogP) is 3.50. The normalized spacial score (nSPS) is 10.5. The van der Waals surface area contributed by atoms with Gasteiger partial charge in [0.1, 0.15) is 0 Å². The lowest BCUT2D eigenvalue weighted by molar-refractivity contribution is 1.33. The SMILES string of the molecule is C=C/C=C/c1ccc(C)c(C)c1. The van der Waals surface area contributed by atoms with Crippen molar-refractivity contribution < 1.29 is 0 Å². The van der Waals surface area contributed by atoms with E-state index >= 15 is 0 Å². The Kier molecular flexibility index (Phi) is 2.87. The van der Waals surface area contributed by atoms with Crippen LogP contribution in [0.15, 0.2) is 36.9 Å². The van der Waals surface area contributed by atoms with Crippen molar-refractivity contribution in [3.63, 3.8) is 0 Å². The highest BCUT2D eigenvalue weighted by atomic mass is 14.0. The second kappa shape index (κ2) is 3.91. The van der Waals surface area contributed by atoms with E-state index in [4.69, 9.17) is 0 Å². The highest BCUT2D eigenvalue weighted by Gasteiger charge is 1.91. The summed E-state index contributed by atoms with van der Waals surface area (Å²) in [6, 6.07) is 6.43. The third-order valence-electron chi connectivity index (χ3n) is 1.96. The van der Waals surface area contributed by atoms with Gasteiger partial charge in [0.2, 0.25) is 0 Å². The maximum absolute atomic E-state index is 3.63. The first-order chi connectivity index (χ1) is 5.74. The standard InChI is InChI=1S/C12H14/c1-4-5-6-12-8-7-10(2)11(3)9-12/h4-9H,1H2,2-3H3/b6-5+. The smallest absolute Gasteiger partial charge is 0.0254 e. The Morgan fingerprint density at radius 3 is 2.50 bits per heavy atom. The summed E-state index contributed by atoms with van der Waals surface area (Å²) in [5.74, 6) is 0. The number of hydrogen-bond acceptors (Lipinski definition) is 0. The van der Waals surface area contributed by atoms with Gasteiger partial charge in [0, 0.05) is 0 Å². The van der Waals surface area contributed by atoms with Crippen LogP contribution in [0, 0.1) is 13.8 Å². The lowest BCUT2D eigenvalue weighted by Crippen LogP contribution is -1.80. The van der Waals surface area contributed by atoms with Crippen molar-refractivity contribution in [2.24, 2.45) is 0 Å². The van der Waals surface area contributed by atoms with Gasteiger partial charge >= 0.3 is 0 Å². The van der Waals surface area contributed by atoms with Crippen molar-refractivity contribution >= 4 is 6.08 Å². The molecule has 1 rings (SSSR count). The minimum Gasteiger partial charge on any atom is -0.0991 e. The fourth-order valence-electron chi connectivity index (χ4n) is 1.05. The van der Waals surface area contributed by atoms with Gasteiger partial charge in [-0.15, -0.1) is 0 Å². The number of hydrogen-bond donors (Lipinski definition) is 0. The molecule has 62 valence electrons. The van der Waals surface area contributed by atoms with Gasteiger partial charge in [0.15, 0.2) is 0 Å². The number of aryl methyl sites for hydroxylation is 2. The van der Waals surface area contributed by atoms with Gasteiger partial charge in [0.05, 0.1) is 0 Å². The van der Waals surface area contributed by atoms with Crippen LogP contribution in [0.3, 0.4) is 0 Å². The van der Waals surface area contributed by atoms with Crippen molar-refractivity contribution in [3.05, 3.63) is 53.6 Å². The largest absolute Gasteiger partial charge is 0.0991 e. The molecule has 0 saturated heterocycles. The zero-order chi connectivity index (χ0) is 8.97. The van der Waals surface area contributed by atoms with Crippen molar-refractivity contribution in [1.82, 2.24) is 0 Å². The van der Waals surface area contributed by atoms with Crippen molar-refractivity contribution in [2.75, 3.05) is 0 Å². The summed E-state index contributed by atoms with van der Waals surface area (Å²) in [4.78, 5) is 0. The summed E-state index contributed by atoms with van der Waals surface area (Å²) >= 11 is 0. The first-order valence-corrected chi connectivity index (χ1v) is 4.10. The van der Waals surface area contributed by atoms with Crippen LogP contribution in [0.1, 0.15) is 16.7 Å². The van der Waals surface area contributed by atoms with E-state index in [1.165, 1.54) is 16.7 Å². The van der Waals surface area contributed by atoms with Gasteiger partial charge in [-0.05, 0) is 30.5 Å². The van der Waals surface area contributed by atoms with Gasteiger partial charge in [0.25, 0.3) is 0 Å². The maximum Gasteiger partial charge on any atom is -0.0254 e. The predicted molar refractivity (Wildman–Crippen MR) is 55.1 cm³/mol. The molecule has 0 atom stereocenters. The molecule has 0 aliphatic heterocycles. The van der Waals surface area contributed by atoms with E-state index in [0.29, 0.717) is 0 Å². The third-order valence-corrected chi connectivity index (χ3v) is 1.96. The monoisotopic (exact) mass is 158 g/mol. The Balaban J connectivity index is 2.96. The van der Waals surface area contributed by atoms with Crippen LogP contribution >= 0.6 is 0 Å². The molecule has 0 aliphatic rings. The van der Waals surface area contributed by atoms with E-state index in [9.17, 15) is 0 Å². The molecule has 0 saturated carbocycles. The summed E-state index contributed by atoms with van der Waals surface area (Å²) in [6.45, 7) is 7.88. The molecule has 0 heteroatoms. The molecule has 0 fully saturated rings. The van der Waals surface area contributed by atoms with Gasteiger partial charge in [-0.2, -0.15) is 0 Å². The number of rotatable bonds is 2. The quantitative estimate of drug-likeness (QED) is 0.578. The van der Waals surface area contributed by atoms with Gasteiger partial charge in [-0.25, -0.2) is 0 Å². The van der Waals surface area contributed by atoms with E-state index < -0.39 is 0 Å². The Morgan fingerprint density at radius 2 is 1.92 bits per heavy atom.